The highest BCUT2D eigenvalue weighted by Crippen LogP contribution is 2.36. The molecule has 146 valence electrons. The molecular formula is C17H19BN4O5S. The van der Waals surface area contributed by atoms with E-state index in [-0.39, 0.29) is 42.4 Å². The zero-order valence-corrected chi connectivity index (χ0v) is 15.7. The van der Waals surface area contributed by atoms with Crippen LogP contribution in [0, 0.1) is 0 Å². The van der Waals surface area contributed by atoms with Gasteiger partial charge in [0.25, 0.3) is 0 Å². The molecule has 0 radical (unpaired) electrons. The Balaban J connectivity index is 1.63. The molecule has 6 N–H and O–H groups in total. The van der Waals surface area contributed by atoms with E-state index >= 15 is 0 Å². The molecule has 0 saturated heterocycles. The van der Waals surface area contributed by atoms with Crippen molar-refractivity contribution < 1.29 is 24.4 Å². The predicted octanol–water partition coefficient (Wildman–Crippen LogP) is 0.602. The van der Waals surface area contributed by atoms with Crippen LogP contribution in [-0.4, -0.2) is 39.9 Å². The summed E-state index contributed by atoms with van der Waals surface area (Å²) >= 11 is 1.36. The lowest BCUT2D eigenvalue weighted by molar-refractivity contribution is -0.118. The molecule has 0 bridgehead atoms. The molecule has 0 spiro atoms. The first-order chi connectivity index (χ1) is 13.3. The molecule has 9 nitrogen and oxygen atoms in total. The summed E-state index contributed by atoms with van der Waals surface area (Å²) in [6.45, 7) is 0.263. The molecule has 28 heavy (non-hydrogen) atoms. The van der Waals surface area contributed by atoms with Crippen LogP contribution in [0.25, 0.3) is 0 Å². The van der Waals surface area contributed by atoms with Crippen LogP contribution < -0.4 is 16.1 Å². The summed E-state index contributed by atoms with van der Waals surface area (Å²) in [4.78, 5) is 31.9. The van der Waals surface area contributed by atoms with Crippen molar-refractivity contribution in [3.8, 4) is 5.75 Å². The van der Waals surface area contributed by atoms with E-state index in [0.717, 1.165) is 0 Å². The molecule has 1 aromatic carbocycles. The van der Waals surface area contributed by atoms with E-state index < -0.39 is 18.9 Å². The van der Waals surface area contributed by atoms with Gasteiger partial charge in [0.1, 0.15) is 16.5 Å². The van der Waals surface area contributed by atoms with Gasteiger partial charge in [-0.2, -0.15) is 0 Å². The first-order valence-corrected chi connectivity index (χ1v) is 9.41. The maximum atomic E-state index is 12.4. The fourth-order valence-electron chi connectivity index (χ4n) is 3.05. The summed E-state index contributed by atoms with van der Waals surface area (Å²) in [6.07, 6.45) is 0.582. The molecule has 1 aliphatic heterocycles. The van der Waals surface area contributed by atoms with Crippen LogP contribution in [0.4, 0.5) is 0 Å². The molecular weight excluding hydrogens is 383 g/mol. The quantitative estimate of drug-likeness (QED) is 0.297. The summed E-state index contributed by atoms with van der Waals surface area (Å²) in [5.41, 5.74) is 11.9. The number of guanidine groups is 1. The number of hydrogen-bond donors (Lipinski definition) is 4. The van der Waals surface area contributed by atoms with E-state index in [9.17, 15) is 19.7 Å². The van der Waals surface area contributed by atoms with Crippen LogP contribution in [0.1, 0.15) is 33.0 Å². The molecule has 1 aliphatic rings. The Morgan fingerprint density at radius 1 is 1.39 bits per heavy atom. The van der Waals surface area contributed by atoms with Crippen molar-refractivity contribution in [1.29, 1.82) is 0 Å². The average Bonchev–Trinajstić information content (AvgIpc) is 3.07. The standard InChI is InChI=1S/C17H19BN4O5S/c19-17(20)21-7-14-22-11(8-28-14)6-12(23)5-10-4-9-2-1-3-13(16(24)25)15(9)27-18(10)26/h1-3,8,10,26H,4-7H2,(H,24,25)(H4,19,20,21)/t10-/m1/s1. The molecule has 1 atom stereocenters. The number of rotatable bonds is 7. The molecule has 2 aromatic rings. The third-order valence-electron chi connectivity index (χ3n) is 4.32. The van der Waals surface area contributed by atoms with Crippen LogP contribution in [0.15, 0.2) is 28.6 Å². The van der Waals surface area contributed by atoms with Crippen molar-refractivity contribution in [2.75, 3.05) is 0 Å². The van der Waals surface area contributed by atoms with Gasteiger partial charge in [-0.1, -0.05) is 12.1 Å². The Morgan fingerprint density at radius 2 is 2.18 bits per heavy atom. The third kappa shape index (κ3) is 4.67. The number of ketones is 1. The number of aromatic nitrogens is 1. The summed E-state index contributed by atoms with van der Waals surface area (Å²) in [5.74, 6) is -1.54. The van der Waals surface area contributed by atoms with Gasteiger partial charge in [0, 0.05) is 24.0 Å². The Kier molecular flexibility index (Phi) is 5.95. The summed E-state index contributed by atoms with van der Waals surface area (Å²) in [6, 6.07) is 4.78. The lowest BCUT2D eigenvalue weighted by Crippen LogP contribution is -2.36. The first-order valence-electron chi connectivity index (χ1n) is 8.53. The molecule has 1 aromatic heterocycles. The molecule has 0 unspecified atom stereocenters. The van der Waals surface area contributed by atoms with Crippen molar-refractivity contribution in [1.82, 2.24) is 4.98 Å². The molecule has 0 fully saturated rings. The number of carboxylic acid groups (broad SMARTS) is 1. The topological polar surface area (TPSA) is 161 Å². The zero-order chi connectivity index (χ0) is 20.3. The van der Waals surface area contributed by atoms with Crippen molar-refractivity contribution in [2.24, 2.45) is 16.5 Å². The van der Waals surface area contributed by atoms with Crippen LogP contribution in [0.3, 0.4) is 0 Å². The second-order valence-corrected chi connectivity index (χ2v) is 7.41. The van der Waals surface area contributed by atoms with E-state index in [0.29, 0.717) is 22.7 Å². The van der Waals surface area contributed by atoms with Gasteiger partial charge >= 0.3 is 13.1 Å². The number of aromatic carboxylic acids is 1. The third-order valence-corrected chi connectivity index (χ3v) is 5.20. The number of aliphatic imine (C=N–C) groups is 1. The van der Waals surface area contributed by atoms with E-state index in [1.165, 1.54) is 17.4 Å². The molecule has 0 saturated carbocycles. The number of hydrogen-bond acceptors (Lipinski definition) is 7. The van der Waals surface area contributed by atoms with Gasteiger partial charge in [-0.25, -0.2) is 14.8 Å². The number of carbonyl (C=O) groups is 2. The van der Waals surface area contributed by atoms with Crippen LogP contribution in [0.5, 0.6) is 5.75 Å². The Hall–Kier alpha value is -2.92. The minimum atomic E-state index is -1.25. The molecule has 11 heteroatoms. The largest absolute Gasteiger partial charge is 0.535 e. The van der Waals surface area contributed by atoms with Gasteiger partial charge in [0.15, 0.2) is 5.96 Å². The van der Waals surface area contributed by atoms with Crippen molar-refractivity contribution in [3.05, 3.63) is 45.4 Å². The number of fused-ring (bicyclic) bond motifs is 1. The number of carboxylic acids is 1. The van der Waals surface area contributed by atoms with Gasteiger partial charge in [0.05, 0.1) is 17.8 Å². The smallest absolute Gasteiger partial charge is 0.526 e. The first kappa shape index (κ1) is 19.8. The summed E-state index contributed by atoms with van der Waals surface area (Å²) in [5, 5.41) is 21.9. The van der Waals surface area contributed by atoms with E-state index in [2.05, 4.69) is 9.98 Å². The second-order valence-electron chi connectivity index (χ2n) is 6.46. The number of para-hydroxylation sites is 1. The van der Waals surface area contributed by atoms with Gasteiger partial charge < -0.3 is 26.3 Å². The van der Waals surface area contributed by atoms with Crippen molar-refractivity contribution in [3.63, 3.8) is 0 Å². The number of thiazole rings is 1. The maximum Gasteiger partial charge on any atom is 0.526 e. The normalized spacial score (nSPS) is 15.5. The molecule has 2 heterocycles. The Morgan fingerprint density at radius 3 is 2.89 bits per heavy atom. The van der Waals surface area contributed by atoms with E-state index in [1.807, 2.05) is 0 Å². The fraction of sp³-hybridized carbons (Fsp3) is 0.294. The van der Waals surface area contributed by atoms with Gasteiger partial charge in [-0.3, -0.25) is 4.79 Å². The minimum absolute atomic E-state index is 0.00268. The number of benzene rings is 1. The van der Waals surface area contributed by atoms with Crippen LogP contribution in [0.2, 0.25) is 5.82 Å². The number of Topliss-reactive ketones (excluding diaryl/α,β-unsaturated/α-hetero) is 1. The highest BCUT2D eigenvalue weighted by atomic mass is 32.1. The van der Waals surface area contributed by atoms with Crippen LogP contribution in [-0.2, 0) is 24.2 Å². The zero-order valence-electron chi connectivity index (χ0n) is 14.9. The van der Waals surface area contributed by atoms with Gasteiger partial charge in [-0.05, 0) is 18.1 Å². The van der Waals surface area contributed by atoms with Crippen molar-refractivity contribution in [2.45, 2.75) is 31.6 Å². The SMILES string of the molecule is NC(N)=NCc1nc(CC(=O)C[C@H]2Cc3cccc(C(=O)O)c3OB2O)cs1. The lowest BCUT2D eigenvalue weighted by atomic mass is 9.64. The van der Waals surface area contributed by atoms with Gasteiger partial charge in [0.2, 0.25) is 0 Å². The fourth-order valence-corrected chi connectivity index (χ4v) is 3.77. The summed E-state index contributed by atoms with van der Waals surface area (Å²) in [7, 11) is -1.25. The number of nitrogens with two attached hydrogens (primary N) is 2. The monoisotopic (exact) mass is 402 g/mol. The minimum Gasteiger partial charge on any atom is -0.535 e. The highest BCUT2D eigenvalue weighted by Gasteiger charge is 2.37. The molecule has 0 amide bonds. The van der Waals surface area contributed by atoms with E-state index in [4.69, 9.17) is 16.1 Å². The molecule has 3 rings (SSSR count). The predicted molar refractivity (Wildman–Crippen MR) is 104 cm³/mol. The van der Waals surface area contributed by atoms with Crippen molar-refractivity contribution >= 4 is 36.2 Å². The Labute approximate surface area is 165 Å². The van der Waals surface area contributed by atoms with E-state index in [1.54, 1.807) is 17.5 Å². The van der Waals surface area contributed by atoms with Crippen LogP contribution >= 0.6 is 11.3 Å². The summed E-state index contributed by atoms with van der Waals surface area (Å²) < 4.78 is 5.42. The lowest BCUT2D eigenvalue weighted by Gasteiger charge is -2.27. The Bertz CT molecular complexity index is 928. The highest BCUT2D eigenvalue weighted by molar-refractivity contribution is 7.09. The number of carbonyl (C=O) groups excluding carboxylic acids is 1. The maximum absolute atomic E-state index is 12.4. The molecule has 0 aliphatic carbocycles. The number of nitrogens with zero attached hydrogens (tertiary/aromatic N) is 2. The second kappa shape index (κ2) is 8.40. The average molecular weight is 402 g/mol. The van der Waals surface area contributed by atoms with Gasteiger partial charge in [-0.15, -0.1) is 11.3 Å².